The summed E-state index contributed by atoms with van der Waals surface area (Å²) >= 11 is 6.10. The summed E-state index contributed by atoms with van der Waals surface area (Å²) < 4.78 is 0. The van der Waals surface area contributed by atoms with Gasteiger partial charge in [-0.2, -0.15) is 5.26 Å². The summed E-state index contributed by atoms with van der Waals surface area (Å²) in [6, 6.07) is 18.3. The van der Waals surface area contributed by atoms with Gasteiger partial charge in [-0.25, -0.2) is 0 Å². The molecule has 4 nitrogen and oxygen atoms in total. The van der Waals surface area contributed by atoms with Gasteiger partial charge in [-0.1, -0.05) is 30.7 Å². The van der Waals surface area contributed by atoms with Crippen molar-refractivity contribution in [2.75, 3.05) is 13.1 Å². The fourth-order valence-electron chi connectivity index (χ4n) is 5.10. The summed E-state index contributed by atoms with van der Waals surface area (Å²) in [6.07, 6.45) is 8.32. The number of benzene rings is 2. The zero-order chi connectivity index (χ0) is 22.1. The van der Waals surface area contributed by atoms with E-state index in [0.29, 0.717) is 11.5 Å². The number of halogens is 1. The lowest BCUT2D eigenvalue weighted by Crippen LogP contribution is -2.43. The van der Waals surface area contributed by atoms with Gasteiger partial charge in [0, 0.05) is 45.5 Å². The van der Waals surface area contributed by atoms with Crippen LogP contribution in [-0.2, 0) is 5.41 Å². The van der Waals surface area contributed by atoms with Gasteiger partial charge in [-0.3, -0.25) is 4.98 Å². The minimum Gasteiger partial charge on any atom is -0.361 e. The highest BCUT2D eigenvalue weighted by molar-refractivity contribution is 6.30. The molecule has 3 heterocycles. The van der Waals surface area contributed by atoms with E-state index in [1.165, 1.54) is 11.1 Å². The van der Waals surface area contributed by atoms with Crippen LogP contribution < -0.4 is 5.32 Å². The van der Waals surface area contributed by atoms with Crippen molar-refractivity contribution in [1.29, 1.82) is 5.26 Å². The van der Waals surface area contributed by atoms with Crippen molar-refractivity contribution in [3.63, 3.8) is 0 Å². The largest absolute Gasteiger partial charge is 0.361 e. The number of nitrogens with zero attached hydrogens (tertiary/aromatic N) is 2. The van der Waals surface area contributed by atoms with Crippen LogP contribution in [-0.4, -0.2) is 23.1 Å². The summed E-state index contributed by atoms with van der Waals surface area (Å²) in [6.45, 7) is 4.34. The van der Waals surface area contributed by atoms with Crippen LogP contribution in [0.1, 0.15) is 36.5 Å². The number of nitriles is 1. The Bertz CT molecular complexity index is 1300. The number of pyridine rings is 1. The molecular weight excluding hydrogens is 416 g/mol. The number of piperidine rings is 1. The van der Waals surface area contributed by atoms with E-state index in [1.807, 2.05) is 54.9 Å². The van der Waals surface area contributed by atoms with E-state index in [-0.39, 0.29) is 5.41 Å². The lowest BCUT2D eigenvalue weighted by atomic mass is 9.65. The van der Waals surface area contributed by atoms with E-state index in [2.05, 4.69) is 40.5 Å². The topological polar surface area (TPSA) is 64.5 Å². The second-order valence-electron chi connectivity index (χ2n) is 8.79. The molecule has 0 amide bonds. The molecule has 2 unspecified atom stereocenters. The smallest absolute Gasteiger partial charge is 0.0991 e. The van der Waals surface area contributed by atoms with Crippen LogP contribution in [0.2, 0.25) is 5.02 Å². The van der Waals surface area contributed by atoms with E-state index in [9.17, 15) is 5.26 Å². The summed E-state index contributed by atoms with van der Waals surface area (Å²) in [5, 5.41) is 14.9. The number of H-pyrrole nitrogens is 1. The summed E-state index contributed by atoms with van der Waals surface area (Å²) in [7, 11) is 0. The first kappa shape index (κ1) is 20.8. The summed E-state index contributed by atoms with van der Waals surface area (Å²) in [4.78, 5) is 8.09. The molecule has 0 spiro atoms. The number of rotatable bonds is 4. The van der Waals surface area contributed by atoms with E-state index in [1.54, 1.807) is 0 Å². The van der Waals surface area contributed by atoms with Crippen molar-refractivity contribution < 1.29 is 0 Å². The lowest BCUT2D eigenvalue weighted by Gasteiger charge is -2.41. The average molecular weight is 441 g/mol. The molecule has 0 bridgehead atoms. The highest BCUT2D eigenvalue weighted by Crippen LogP contribution is 2.45. The molecule has 1 aliphatic rings. The molecule has 0 aliphatic carbocycles. The van der Waals surface area contributed by atoms with Crippen LogP contribution in [0.4, 0.5) is 0 Å². The lowest BCUT2D eigenvalue weighted by molar-refractivity contribution is 0.271. The normalized spacial score (nSPS) is 18.2. The predicted molar refractivity (Wildman–Crippen MR) is 130 cm³/mol. The van der Waals surface area contributed by atoms with Crippen LogP contribution in [0, 0.1) is 17.2 Å². The van der Waals surface area contributed by atoms with Crippen molar-refractivity contribution in [2.45, 2.75) is 25.2 Å². The Morgan fingerprint density at radius 2 is 1.94 bits per heavy atom. The quantitative estimate of drug-likeness (QED) is 0.405. The molecule has 2 N–H and O–H groups in total. The minimum atomic E-state index is -0.269. The minimum absolute atomic E-state index is 0.269. The number of nitrogens with one attached hydrogen (secondary N) is 2. The number of hydrogen-bond acceptors (Lipinski definition) is 3. The maximum atomic E-state index is 9.49. The van der Waals surface area contributed by atoms with Crippen LogP contribution in [0.5, 0.6) is 0 Å². The van der Waals surface area contributed by atoms with Gasteiger partial charge in [-0.05, 0) is 84.9 Å². The average Bonchev–Trinajstić information content (AvgIpc) is 3.28. The molecule has 2 aromatic carbocycles. The molecule has 1 saturated heterocycles. The first-order valence-corrected chi connectivity index (χ1v) is 11.4. The van der Waals surface area contributed by atoms with Crippen LogP contribution in [0.3, 0.4) is 0 Å². The number of aromatic amines is 1. The molecule has 1 fully saturated rings. The predicted octanol–water partition coefficient (Wildman–Crippen LogP) is 6.06. The van der Waals surface area contributed by atoms with Crippen LogP contribution in [0.25, 0.3) is 22.0 Å². The van der Waals surface area contributed by atoms with Gasteiger partial charge in [0.15, 0.2) is 0 Å². The van der Waals surface area contributed by atoms with E-state index >= 15 is 0 Å². The van der Waals surface area contributed by atoms with E-state index in [0.717, 1.165) is 53.0 Å². The van der Waals surface area contributed by atoms with Gasteiger partial charge in [-0.15, -0.1) is 0 Å². The molecule has 2 aromatic heterocycles. The number of hydrogen-bond donors (Lipinski definition) is 2. The highest BCUT2D eigenvalue weighted by Gasteiger charge is 2.40. The first-order valence-electron chi connectivity index (χ1n) is 11.0. The monoisotopic (exact) mass is 440 g/mol. The van der Waals surface area contributed by atoms with Gasteiger partial charge in [0.1, 0.15) is 0 Å². The van der Waals surface area contributed by atoms with Crippen molar-refractivity contribution in [2.24, 2.45) is 5.92 Å². The fraction of sp³-hybridized carbons (Fsp3) is 0.259. The Balaban J connectivity index is 1.69. The molecule has 0 radical (unpaired) electrons. The highest BCUT2D eigenvalue weighted by atomic mass is 35.5. The van der Waals surface area contributed by atoms with Crippen molar-refractivity contribution in [3.8, 4) is 17.2 Å². The molecule has 160 valence electrons. The Kier molecular flexibility index (Phi) is 5.46. The number of aromatic nitrogens is 2. The summed E-state index contributed by atoms with van der Waals surface area (Å²) in [5.74, 6) is 0.406. The third kappa shape index (κ3) is 3.58. The fourth-order valence-corrected chi connectivity index (χ4v) is 5.23. The molecular formula is C27H25ClN4. The molecule has 5 rings (SSSR count). The van der Waals surface area contributed by atoms with Crippen molar-refractivity contribution in [3.05, 3.63) is 88.8 Å². The summed E-state index contributed by atoms with van der Waals surface area (Å²) in [5.41, 5.74) is 6.03. The number of fused-ring (bicyclic) bond motifs is 1. The zero-order valence-electron chi connectivity index (χ0n) is 18.0. The van der Waals surface area contributed by atoms with Crippen LogP contribution >= 0.6 is 11.6 Å². The third-order valence-electron chi connectivity index (χ3n) is 7.00. The molecule has 5 heteroatoms. The second-order valence-corrected chi connectivity index (χ2v) is 9.23. The molecule has 2 atom stereocenters. The molecule has 1 aliphatic heterocycles. The SMILES string of the molecule is CC(c1cncc(-c2ccc(Cl)cc2)c1)(c1c[nH]c2ccc(C#N)cc12)C1CCCNC1. The van der Waals surface area contributed by atoms with Gasteiger partial charge in [0.25, 0.3) is 0 Å². The van der Waals surface area contributed by atoms with Gasteiger partial charge in [0.05, 0.1) is 11.6 Å². The van der Waals surface area contributed by atoms with Gasteiger partial charge >= 0.3 is 0 Å². The second kappa shape index (κ2) is 8.43. The van der Waals surface area contributed by atoms with Crippen LogP contribution in [0.15, 0.2) is 67.1 Å². The zero-order valence-corrected chi connectivity index (χ0v) is 18.8. The van der Waals surface area contributed by atoms with E-state index < -0.39 is 0 Å². The van der Waals surface area contributed by atoms with Crippen molar-refractivity contribution >= 4 is 22.5 Å². The Morgan fingerprint density at radius 1 is 1.09 bits per heavy atom. The van der Waals surface area contributed by atoms with Crippen molar-refractivity contribution in [1.82, 2.24) is 15.3 Å². The van der Waals surface area contributed by atoms with Gasteiger partial charge in [0.2, 0.25) is 0 Å². The van der Waals surface area contributed by atoms with Gasteiger partial charge < -0.3 is 10.3 Å². The Morgan fingerprint density at radius 3 is 2.69 bits per heavy atom. The maximum Gasteiger partial charge on any atom is 0.0991 e. The molecule has 32 heavy (non-hydrogen) atoms. The standard InChI is InChI=1S/C27H25ClN4/c1-27(21-3-2-10-30-15-21,25-17-32-26-9-4-18(13-29)11-24(25)26)22-12-20(14-31-16-22)19-5-7-23(28)8-6-19/h4-9,11-12,14,16-17,21,30,32H,2-3,10,15H2,1H3. The van der Waals surface area contributed by atoms with E-state index in [4.69, 9.17) is 11.6 Å². The molecule has 0 saturated carbocycles. The third-order valence-corrected chi connectivity index (χ3v) is 7.25. The Hall–Kier alpha value is -3.13. The molecule has 4 aromatic rings. The first-order chi connectivity index (χ1) is 15.6. The Labute approximate surface area is 193 Å². The maximum absolute atomic E-state index is 9.49.